The van der Waals surface area contributed by atoms with Gasteiger partial charge in [0.05, 0.1) is 17.7 Å². The first kappa shape index (κ1) is 15.8. The summed E-state index contributed by atoms with van der Waals surface area (Å²) in [5.74, 6) is -1.25. The summed E-state index contributed by atoms with van der Waals surface area (Å²) in [6.45, 7) is 1.20. The van der Waals surface area contributed by atoms with E-state index in [1.165, 1.54) is 31.2 Å². The summed E-state index contributed by atoms with van der Waals surface area (Å²) in [6.07, 6.45) is -5.55. The summed E-state index contributed by atoms with van der Waals surface area (Å²) >= 11 is 0. The van der Waals surface area contributed by atoms with Gasteiger partial charge in [-0.2, -0.15) is 13.2 Å². The molecule has 1 unspecified atom stereocenters. The summed E-state index contributed by atoms with van der Waals surface area (Å²) < 4.78 is 36.3. The summed E-state index contributed by atoms with van der Waals surface area (Å²) in [6, 6.07) is 3.58. The van der Waals surface area contributed by atoms with Crippen molar-refractivity contribution in [1.29, 1.82) is 0 Å². The molecule has 0 radical (unpaired) electrons. The van der Waals surface area contributed by atoms with Crippen LogP contribution in [0, 0.1) is 0 Å². The maximum atomic E-state index is 12.1. The van der Waals surface area contributed by atoms with E-state index in [4.69, 9.17) is 5.11 Å². The number of anilines is 1. The third kappa shape index (κ3) is 5.17. The van der Waals surface area contributed by atoms with Crippen LogP contribution >= 0.6 is 0 Å². The second-order valence-corrected chi connectivity index (χ2v) is 4.17. The van der Waals surface area contributed by atoms with Crippen LogP contribution in [0.25, 0.3) is 0 Å². The lowest BCUT2D eigenvalue weighted by molar-refractivity contribution is -0.138. The minimum absolute atomic E-state index is 0.0108. The Bertz CT molecular complexity index is 503. The third-order valence-electron chi connectivity index (χ3n) is 2.32. The molecule has 0 saturated carbocycles. The van der Waals surface area contributed by atoms with Gasteiger partial charge >= 0.3 is 18.2 Å². The van der Waals surface area contributed by atoms with Gasteiger partial charge in [0.2, 0.25) is 0 Å². The number of nitrogens with one attached hydrogen (secondary N) is 2. The van der Waals surface area contributed by atoms with Gasteiger partial charge in [-0.25, -0.2) is 9.59 Å². The number of halogens is 3. The number of urea groups is 1. The van der Waals surface area contributed by atoms with Crippen molar-refractivity contribution in [2.24, 2.45) is 0 Å². The first-order valence-corrected chi connectivity index (χ1v) is 5.65. The molecule has 0 aliphatic heterocycles. The molecule has 0 saturated heterocycles. The molecule has 0 bridgehead atoms. The fourth-order valence-corrected chi connectivity index (χ4v) is 1.56. The van der Waals surface area contributed by atoms with Gasteiger partial charge in [-0.05, 0) is 19.1 Å². The van der Waals surface area contributed by atoms with Crippen molar-refractivity contribution in [3.05, 3.63) is 29.8 Å². The Morgan fingerprint density at radius 1 is 1.30 bits per heavy atom. The Hall–Kier alpha value is -2.25. The van der Waals surface area contributed by atoms with E-state index in [-0.39, 0.29) is 11.3 Å². The van der Waals surface area contributed by atoms with Crippen LogP contribution in [0.4, 0.5) is 23.7 Å². The van der Waals surface area contributed by atoms with E-state index in [2.05, 4.69) is 10.6 Å². The van der Waals surface area contributed by atoms with Gasteiger partial charge < -0.3 is 15.7 Å². The van der Waals surface area contributed by atoms with Gasteiger partial charge in [0.15, 0.2) is 0 Å². The quantitative estimate of drug-likeness (QED) is 0.797. The van der Waals surface area contributed by atoms with Crippen molar-refractivity contribution in [2.75, 3.05) is 5.32 Å². The maximum Gasteiger partial charge on any atom is 0.391 e. The minimum Gasteiger partial charge on any atom is -0.478 e. The van der Waals surface area contributed by atoms with E-state index in [9.17, 15) is 22.8 Å². The molecule has 1 atom stereocenters. The Balaban J connectivity index is 2.66. The molecule has 1 aromatic rings. The number of hydrogen-bond donors (Lipinski definition) is 3. The Kier molecular flexibility index (Phi) is 4.95. The molecule has 0 aromatic heterocycles. The van der Waals surface area contributed by atoms with Gasteiger partial charge in [-0.1, -0.05) is 12.1 Å². The number of carboxylic acids is 1. The number of aromatic carboxylic acids is 1. The minimum atomic E-state index is -4.38. The molecule has 3 N–H and O–H groups in total. The van der Waals surface area contributed by atoms with E-state index in [0.717, 1.165) is 0 Å². The third-order valence-corrected chi connectivity index (χ3v) is 2.32. The van der Waals surface area contributed by atoms with Crippen molar-refractivity contribution in [2.45, 2.75) is 25.6 Å². The first-order chi connectivity index (χ1) is 9.19. The van der Waals surface area contributed by atoms with Crippen molar-refractivity contribution in [3.63, 3.8) is 0 Å². The van der Waals surface area contributed by atoms with Gasteiger partial charge in [-0.15, -0.1) is 0 Å². The fraction of sp³-hybridized carbons (Fsp3) is 0.333. The number of rotatable bonds is 4. The van der Waals surface area contributed by atoms with Crippen LogP contribution in [0.3, 0.4) is 0 Å². The van der Waals surface area contributed by atoms with Crippen LogP contribution in [-0.2, 0) is 0 Å². The topological polar surface area (TPSA) is 78.4 Å². The number of carboxylic acid groups (broad SMARTS) is 1. The monoisotopic (exact) mass is 290 g/mol. The van der Waals surface area contributed by atoms with Crippen LogP contribution in [0.15, 0.2) is 24.3 Å². The van der Waals surface area contributed by atoms with Crippen LogP contribution < -0.4 is 10.6 Å². The highest BCUT2D eigenvalue weighted by atomic mass is 19.4. The maximum absolute atomic E-state index is 12.1. The highest BCUT2D eigenvalue weighted by Gasteiger charge is 2.30. The van der Waals surface area contributed by atoms with Crippen molar-refractivity contribution >= 4 is 17.7 Å². The average molecular weight is 290 g/mol. The SMILES string of the molecule is CC(CC(F)(F)F)NC(=O)Nc1ccccc1C(=O)O. The molecule has 0 heterocycles. The number of alkyl halides is 3. The first-order valence-electron chi connectivity index (χ1n) is 5.65. The molecule has 0 spiro atoms. The zero-order valence-electron chi connectivity index (χ0n) is 10.5. The zero-order chi connectivity index (χ0) is 15.3. The highest BCUT2D eigenvalue weighted by molar-refractivity contribution is 5.99. The molecular weight excluding hydrogens is 277 g/mol. The lowest BCUT2D eigenvalue weighted by atomic mass is 10.2. The van der Waals surface area contributed by atoms with Crippen LogP contribution in [0.5, 0.6) is 0 Å². The predicted molar refractivity (Wildman–Crippen MR) is 65.7 cm³/mol. The lowest BCUT2D eigenvalue weighted by Crippen LogP contribution is -2.38. The van der Waals surface area contributed by atoms with E-state index in [0.29, 0.717) is 0 Å². The predicted octanol–water partition coefficient (Wildman–Crippen LogP) is 2.85. The molecular formula is C12H13F3N2O3. The molecule has 8 heteroatoms. The molecule has 20 heavy (non-hydrogen) atoms. The van der Waals surface area contributed by atoms with Crippen LogP contribution in [0.2, 0.25) is 0 Å². The van der Waals surface area contributed by atoms with Gasteiger partial charge in [0.1, 0.15) is 0 Å². The number of amides is 2. The molecule has 0 aliphatic rings. The standard InChI is InChI=1S/C12H13F3N2O3/c1-7(6-12(13,14)15)16-11(20)17-9-5-3-2-4-8(9)10(18)19/h2-5,7H,6H2,1H3,(H,18,19)(H2,16,17,20). The smallest absolute Gasteiger partial charge is 0.391 e. The summed E-state index contributed by atoms with van der Waals surface area (Å²) in [7, 11) is 0. The number of hydrogen-bond acceptors (Lipinski definition) is 2. The molecule has 0 fully saturated rings. The summed E-state index contributed by atoms with van der Waals surface area (Å²) in [5, 5.41) is 13.2. The number of benzene rings is 1. The van der Waals surface area contributed by atoms with Crippen LogP contribution in [-0.4, -0.2) is 29.3 Å². The Labute approximate surface area is 112 Å². The van der Waals surface area contributed by atoms with Crippen LogP contribution in [0.1, 0.15) is 23.7 Å². The number of para-hydroxylation sites is 1. The van der Waals surface area contributed by atoms with Crippen molar-refractivity contribution in [1.82, 2.24) is 5.32 Å². The Morgan fingerprint density at radius 2 is 1.90 bits per heavy atom. The van der Waals surface area contributed by atoms with Crippen molar-refractivity contribution < 1.29 is 27.9 Å². The Morgan fingerprint density at radius 3 is 2.45 bits per heavy atom. The lowest BCUT2D eigenvalue weighted by Gasteiger charge is -2.16. The second-order valence-electron chi connectivity index (χ2n) is 4.17. The molecule has 0 aliphatic carbocycles. The second kappa shape index (κ2) is 6.27. The average Bonchev–Trinajstić information content (AvgIpc) is 2.26. The summed E-state index contributed by atoms with van der Waals surface area (Å²) in [4.78, 5) is 22.4. The molecule has 1 rings (SSSR count). The normalized spacial score (nSPS) is 12.6. The van der Waals surface area contributed by atoms with E-state index < -0.39 is 30.6 Å². The number of carbonyl (C=O) groups is 2. The fourth-order valence-electron chi connectivity index (χ4n) is 1.56. The summed E-state index contributed by atoms with van der Waals surface area (Å²) in [5.41, 5.74) is -0.136. The molecule has 110 valence electrons. The molecule has 2 amide bonds. The van der Waals surface area contributed by atoms with E-state index >= 15 is 0 Å². The van der Waals surface area contributed by atoms with Crippen molar-refractivity contribution in [3.8, 4) is 0 Å². The van der Waals surface area contributed by atoms with Gasteiger partial charge in [0, 0.05) is 6.04 Å². The highest BCUT2D eigenvalue weighted by Crippen LogP contribution is 2.21. The van der Waals surface area contributed by atoms with Gasteiger partial charge in [0.25, 0.3) is 0 Å². The zero-order valence-corrected chi connectivity index (χ0v) is 10.5. The van der Waals surface area contributed by atoms with E-state index in [1.54, 1.807) is 0 Å². The molecule has 5 nitrogen and oxygen atoms in total. The largest absolute Gasteiger partial charge is 0.478 e. The van der Waals surface area contributed by atoms with E-state index in [1.807, 2.05) is 0 Å². The molecule has 1 aromatic carbocycles. The van der Waals surface area contributed by atoms with Gasteiger partial charge in [-0.3, -0.25) is 0 Å². The number of carbonyl (C=O) groups excluding carboxylic acids is 1.